The Labute approximate surface area is 260 Å². The minimum atomic E-state index is 0.107. The molecule has 7 heteroatoms. The fourth-order valence-corrected chi connectivity index (χ4v) is 5.77. The standard InChI is InChI=1S/C15H24O2.C11H23NO.C9H21NO2/c1-11-7-12(9-16-5)14(15(2,3)4)13(8-11)10-17-6;1-5-10-6-7-11(13-4)8-12(10)9(2)3;1-9(2)10(5-7-11-3)6-8-12-4/h7-8H,9-10H2,1-6H3;9-11H,5-8H2,1-4H3;9H,5-8H2,1-4H3/t;10-,11+;/m.0./s1. The molecule has 7 nitrogen and oxygen atoms in total. The molecule has 2 atom stereocenters. The molecule has 0 radical (unpaired) electrons. The van der Waals surface area contributed by atoms with E-state index < -0.39 is 0 Å². The van der Waals surface area contributed by atoms with Gasteiger partial charge in [0.2, 0.25) is 0 Å². The average molecular weight is 597 g/mol. The molecule has 2 rings (SSSR count). The Morgan fingerprint density at radius 1 is 0.833 bits per heavy atom. The minimum Gasteiger partial charge on any atom is -0.383 e. The zero-order chi connectivity index (χ0) is 32.3. The lowest BCUT2D eigenvalue weighted by molar-refractivity contribution is -0.00908. The lowest BCUT2D eigenvalue weighted by Gasteiger charge is -2.41. The van der Waals surface area contributed by atoms with Crippen molar-refractivity contribution in [1.29, 1.82) is 0 Å². The maximum atomic E-state index is 5.42. The highest BCUT2D eigenvalue weighted by molar-refractivity contribution is 5.42. The largest absolute Gasteiger partial charge is 0.383 e. The second-order valence-corrected chi connectivity index (χ2v) is 13.0. The van der Waals surface area contributed by atoms with E-state index in [0.717, 1.165) is 38.9 Å². The maximum Gasteiger partial charge on any atom is 0.0716 e. The van der Waals surface area contributed by atoms with Crippen molar-refractivity contribution in [3.05, 3.63) is 34.4 Å². The number of nitrogens with zero attached hydrogens (tertiary/aromatic N) is 2. The molecule has 0 spiro atoms. The SMILES string of the molecule is CC[C@H]1CC[C@@H](OC)CN1C(C)C.COCCN(CCOC)C(C)C.COCc1cc(C)cc(COC)c1C(C)(C)C. The number of hydrogen-bond acceptors (Lipinski definition) is 7. The van der Waals surface area contributed by atoms with Crippen LogP contribution < -0.4 is 0 Å². The summed E-state index contributed by atoms with van der Waals surface area (Å²) in [4.78, 5) is 4.92. The quantitative estimate of drug-likeness (QED) is 0.233. The van der Waals surface area contributed by atoms with Crippen LogP contribution in [0.5, 0.6) is 0 Å². The first kappa shape index (κ1) is 40.9. The molecule has 0 amide bonds. The summed E-state index contributed by atoms with van der Waals surface area (Å²) in [6.07, 6.45) is 4.27. The molecule has 0 aliphatic carbocycles. The fourth-order valence-electron chi connectivity index (χ4n) is 5.77. The predicted octanol–water partition coefficient (Wildman–Crippen LogP) is 6.86. The first-order valence-electron chi connectivity index (χ1n) is 15.9. The summed E-state index contributed by atoms with van der Waals surface area (Å²) in [5.74, 6) is 0. The van der Waals surface area contributed by atoms with Gasteiger partial charge in [0.05, 0.1) is 32.5 Å². The molecule has 0 unspecified atom stereocenters. The average Bonchev–Trinajstić information content (AvgIpc) is 2.92. The van der Waals surface area contributed by atoms with E-state index in [0.29, 0.717) is 31.4 Å². The topological polar surface area (TPSA) is 52.6 Å². The second-order valence-electron chi connectivity index (χ2n) is 13.0. The van der Waals surface area contributed by atoms with Crippen LogP contribution in [0, 0.1) is 6.92 Å². The number of hydrogen-bond donors (Lipinski definition) is 0. The van der Waals surface area contributed by atoms with Gasteiger partial charge in [-0.2, -0.15) is 0 Å². The normalized spacial score (nSPS) is 17.7. The first-order valence-corrected chi connectivity index (χ1v) is 15.9. The molecule has 1 aromatic carbocycles. The van der Waals surface area contributed by atoms with Crippen LogP contribution >= 0.6 is 0 Å². The summed E-state index contributed by atoms with van der Waals surface area (Å²) >= 11 is 0. The number of aryl methyl sites for hydroxylation is 1. The van der Waals surface area contributed by atoms with Crippen molar-refractivity contribution in [1.82, 2.24) is 9.80 Å². The maximum absolute atomic E-state index is 5.42. The second kappa shape index (κ2) is 22.4. The number of rotatable bonds is 14. The van der Waals surface area contributed by atoms with Crippen LogP contribution in [-0.4, -0.2) is 102 Å². The molecule has 0 aromatic heterocycles. The Morgan fingerprint density at radius 3 is 1.67 bits per heavy atom. The van der Waals surface area contributed by atoms with Gasteiger partial charge in [-0.25, -0.2) is 0 Å². The van der Waals surface area contributed by atoms with Crippen LogP contribution in [0.2, 0.25) is 0 Å². The Hall–Kier alpha value is -1.06. The van der Waals surface area contributed by atoms with Crippen LogP contribution in [0.25, 0.3) is 0 Å². The lowest BCUT2D eigenvalue weighted by atomic mass is 9.80. The first-order chi connectivity index (χ1) is 19.8. The number of ether oxygens (including phenoxy) is 5. The fraction of sp³-hybridized carbons (Fsp3) is 0.829. The van der Waals surface area contributed by atoms with Crippen LogP contribution in [0.1, 0.15) is 96.9 Å². The van der Waals surface area contributed by atoms with E-state index in [9.17, 15) is 0 Å². The van der Waals surface area contributed by atoms with Gasteiger partial charge in [0.25, 0.3) is 0 Å². The Bertz CT molecular complexity index is 774. The minimum absolute atomic E-state index is 0.107. The summed E-state index contributed by atoms with van der Waals surface area (Å²) in [6.45, 7) is 26.0. The third kappa shape index (κ3) is 15.6. The van der Waals surface area contributed by atoms with Gasteiger partial charge in [0, 0.05) is 73.3 Å². The number of likely N-dealkylation sites (tertiary alicyclic amines) is 1. The smallest absolute Gasteiger partial charge is 0.0716 e. The molecule has 42 heavy (non-hydrogen) atoms. The Morgan fingerprint density at radius 2 is 1.33 bits per heavy atom. The molecule has 1 heterocycles. The summed E-state index contributed by atoms with van der Waals surface area (Å²) in [5, 5.41) is 0. The highest BCUT2D eigenvalue weighted by Gasteiger charge is 2.28. The van der Waals surface area contributed by atoms with Gasteiger partial charge in [-0.1, -0.05) is 45.4 Å². The molecule has 1 fully saturated rings. The highest BCUT2D eigenvalue weighted by atomic mass is 16.5. The Balaban J connectivity index is 0.000000613. The van der Waals surface area contributed by atoms with Gasteiger partial charge < -0.3 is 23.7 Å². The van der Waals surface area contributed by atoms with Gasteiger partial charge in [0.15, 0.2) is 0 Å². The van der Waals surface area contributed by atoms with Gasteiger partial charge in [0.1, 0.15) is 0 Å². The van der Waals surface area contributed by atoms with Gasteiger partial charge in [-0.3, -0.25) is 9.80 Å². The van der Waals surface area contributed by atoms with E-state index in [4.69, 9.17) is 23.7 Å². The number of piperidine rings is 1. The van der Waals surface area contributed by atoms with Crippen molar-refractivity contribution in [2.75, 3.05) is 68.4 Å². The molecule has 0 saturated carbocycles. The molecule has 1 aliphatic heterocycles. The third-order valence-corrected chi connectivity index (χ3v) is 7.86. The molecule has 0 bridgehead atoms. The molecular weight excluding hydrogens is 528 g/mol. The van der Waals surface area contributed by atoms with Crippen molar-refractivity contribution in [3.63, 3.8) is 0 Å². The van der Waals surface area contributed by atoms with E-state index in [-0.39, 0.29) is 5.41 Å². The van der Waals surface area contributed by atoms with E-state index in [1.54, 1.807) is 28.4 Å². The Kier molecular flexibility index (Phi) is 21.9. The van der Waals surface area contributed by atoms with E-state index >= 15 is 0 Å². The number of methoxy groups -OCH3 is 5. The summed E-state index contributed by atoms with van der Waals surface area (Å²) in [5.41, 5.74) is 5.26. The van der Waals surface area contributed by atoms with Crippen LogP contribution in [0.15, 0.2) is 12.1 Å². The van der Waals surface area contributed by atoms with Crippen LogP contribution in [0.3, 0.4) is 0 Å². The van der Waals surface area contributed by atoms with E-state index in [1.807, 2.05) is 7.11 Å². The number of benzene rings is 1. The molecule has 1 aromatic rings. The van der Waals surface area contributed by atoms with Gasteiger partial charge in [-0.05, 0) is 76.0 Å². The third-order valence-electron chi connectivity index (χ3n) is 7.86. The van der Waals surface area contributed by atoms with Gasteiger partial charge in [-0.15, -0.1) is 0 Å². The predicted molar refractivity (Wildman–Crippen MR) is 178 cm³/mol. The monoisotopic (exact) mass is 597 g/mol. The summed E-state index contributed by atoms with van der Waals surface area (Å²) in [7, 11) is 8.77. The van der Waals surface area contributed by atoms with Crippen molar-refractivity contribution in [2.24, 2.45) is 0 Å². The molecule has 0 N–H and O–H groups in total. The van der Waals surface area contributed by atoms with Crippen molar-refractivity contribution in [2.45, 2.75) is 124 Å². The molecule has 1 aliphatic rings. The van der Waals surface area contributed by atoms with Gasteiger partial charge >= 0.3 is 0 Å². The molecular formula is C35H68N2O5. The molecule has 248 valence electrons. The van der Waals surface area contributed by atoms with Crippen LogP contribution in [-0.2, 0) is 42.3 Å². The van der Waals surface area contributed by atoms with Crippen molar-refractivity contribution < 1.29 is 23.7 Å². The summed E-state index contributed by atoms with van der Waals surface area (Å²) < 4.78 is 26.1. The van der Waals surface area contributed by atoms with E-state index in [2.05, 4.69) is 84.2 Å². The summed E-state index contributed by atoms with van der Waals surface area (Å²) in [6, 6.07) is 6.43. The van der Waals surface area contributed by atoms with E-state index in [1.165, 1.54) is 41.5 Å². The molecule has 1 saturated heterocycles. The van der Waals surface area contributed by atoms with Crippen LogP contribution in [0.4, 0.5) is 0 Å². The zero-order valence-electron chi connectivity index (χ0n) is 30.0. The van der Waals surface area contributed by atoms with Crippen molar-refractivity contribution >= 4 is 0 Å². The highest BCUT2D eigenvalue weighted by Crippen LogP contribution is 2.31. The lowest BCUT2D eigenvalue weighted by Crippen LogP contribution is -2.49. The van der Waals surface area contributed by atoms with Crippen molar-refractivity contribution in [3.8, 4) is 0 Å². The zero-order valence-corrected chi connectivity index (χ0v) is 30.0.